The predicted octanol–water partition coefficient (Wildman–Crippen LogP) is 1.77. The molecule has 0 spiro atoms. The molecule has 0 aliphatic carbocycles. The van der Waals surface area contributed by atoms with Gasteiger partial charge in [0.05, 0.1) is 17.6 Å². The number of ether oxygens (including phenoxy) is 1. The van der Waals surface area contributed by atoms with E-state index in [1.54, 1.807) is 0 Å². The van der Waals surface area contributed by atoms with Crippen molar-refractivity contribution in [3.63, 3.8) is 0 Å². The second-order valence-corrected chi connectivity index (χ2v) is 8.11. The third-order valence-corrected chi connectivity index (χ3v) is 5.03. The van der Waals surface area contributed by atoms with Crippen LogP contribution < -0.4 is 20.1 Å². The molecular formula is C19H25N3O4S. The first kappa shape index (κ1) is 20.7. The Labute approximate surface area is 160 Å². The van der Waals surface area contributed by atoms with Gasteiger partial charge in [-0.15, -0.1) is 0 Å². The average Bonchev–Trinajstić information content (AvgIpc) is 2.60. The molecule has 1 atom stereocenters. The minimum Gasteiger partial charge on any atom is -0.496 e. The summed E-state index contributed by atoms with van der Waals surface area (Å²) in [5, 5.41) is 8.02. The molecule has 8 heteroatoms. The fraction of sp³-hybridized carbons (Fsp3) is 0.316. The number of carbonyl (C=O) groups is 1. The molecule has 0 saturated heterocycles. The van der Waals surface area contributed by atoms with Gasteiger partial charge >= 0.3 is 0 Å². The van der Waals surface area contributed by atoms with Gasteiger partial charge in [0.1, 0.15) is 5.75 Å². The van der Waals surface area contributed by atoms with Crippen LogP contribution in [0.25, 0.3) is 0 Å². The molecule has 0 aromatic heterocycles. The van der Waals surface area contributed by atoms with Crippen molar-refractivity contribution < 1.29 is 17.9 Å². The summed E-state index contributed by atoms with van der Waals surface area (Å²) in [5.74, 6) is -0.141. The molecule has 1 unspecified atom stereocenters. The van der Waals surface area contributed by atoms with Crippen LogP contribution in [0.1, 0.15) is 22.8 Å². The summed E-state index contributed by atoms with van der Waals surface area (Å²) in [6, 6.07) is 11.8. The largest absolute Gasteiger partial charge is 0.496 e. The van der Waals surface area contributed by atoms with Crippen molar-refractivity contribution in [2.75, 3.05) is 26.1 Å². The van der Waals surface area contributed by atoms with Crippen molar-refractivity contribution in [3.05, 3.63) is 53.6 Å². The number of rotatable bonds is 7. The normalized spacial score (nSPS) is 12.3. The molecule has 0 aliphatic heterocycles. The molecule has 0 saturated carbocycles. The van der Waals surface area contributed by atoms with Crippen LogP contribution in [0.3, 0.4) is 0 Å². The highest BCUT2D eigenvalue weighted by Crippen LogP contribution is 2.22. The summed E-state index contributed by atoms with van der Waals surface area (Å²) in [6.07, 6.45) is 0.636. The Balaban J connectivity index is 2.13. The summed E-state index contributed by atoms with van der Waals surface area (Å²) in [4.78, 5) is 14.5. The summed E-state index contributed by atoms with van der Waals surface area (Å²) >= 11 is 0. The molecule has 7 nitrogen and oxygen atoms in total. The van der Waals surface area contributed by atoms with Crippen molar-refractivity contribution in [2.24, 2.45) is 5.14 Å². The number of primary sulfonamides is 1. The minimum atomic E-state index is -3.91. The third-order valence-electron chi connectivity index (χ3n) is 4.12. The number of hydrogen-bond donors (Lipinski definition) is 2. The van der Waals surface area contributed by atoms with Gasteiger partial charge in [-0.2, -0.15) is 0 Å². The van der Waals surface area contributed by atoms with Crippen LogP contribution >= 0.6 is 0 Å². The molecule has 2 aromatic rings. The lowest BCUT2D eigenvalue weighted by atomic mass is 10.1. The molecule has 27 heavy (non-hydrogen) atoms. The van der Waals surface area contributed by atoms with E-state index in [1.165, 1.54) is 25.3 Å². The standard InChI is InChI=1S/C19H25N3O4S/c1-13(11-14-5-7-15(8-6-14)22(2)3)21-19(23)17-12-16(27(20,24)25)9-10-18(17)26-4/h5-10,12-13H,11H2,1-4H3,(H,21,23)(H2,20,24,25). The van der Waals surface area contributed by atoms with Crippen molar-refractivity contribution in [2.45, 2.75) is 24.3 Å². The van der Waals surface area contributed by atoms with E-state index in [-0.39, 0.29) is 22.3 Å². The highest BCUT2D eigenvalue weighted by molar-refractivity contribution is 7.89. The second kappa shape index (κ2) is 8.41. The van der Waals surface area contributed by atoms with Gasteiger partial charge in [0.2, 0.25) is 10.0 Å². The topological polar surface area (TPSA) is 102 Å². The van der Waals surface area contributed by atoms with Crippen molar-refractivity contribution in [1.29, 1.82) is 0 Å². The van der Waals surface area contributed by atoms with E-state index in [0.717, 1.165) is 11.3 Å². The van der Waals surface area contributed by atoms with Gasteiger partial charge < -0.3 is 15.0 Å². The molecule has 0 fully saturated rings. The van der Waals surface area contributed by atoms with E-state index in [0.29, 0.717) is 6.42 Å². The highest BCUT2D eigenvalue weighted by atomic mass is 32.2. The van der Waals surface area contributed by atoms with E-state index in [2.05, 4.69) is 5.32 Å². The lowest BCUT2D eigenvalue weighted by Gasteiger charge is -2.17. The maximum atomic E-state index is 12.6. The van der Waals surface area contributed by atoms with E-state index >= 15 is 0 Å². The van der Waals surface area contributed by atoms with Crippen LogP contribution in [-0.2, 0) is 16.4 Å². The zero-order chi connectivity index (χ0) is 20.2. The van der Waals surface area contributed by atoms with Crippen molar-refractivity contribution in [1.82, 2.24) is 5.32 Å². The number of nitrogens with one attached hydrogen (secondary N) is 1. The summed E-state index contributed by atoms with van der Waals surface area (Å²) in [6.45, 7) is 1.88. The fourth-order valence-corrected chi connectivity index (χ4v) is 3.22. The first-order valence-electron chi connectivity index (χ1n) is 8.39. The number of methoxy groups -OCH3 is 1. The number of nitrogens with two attached hydrogens (primary N) is 1. The van der Waals surface area contributed by atoms with Crippen molar-refractivity contribution in [3.8, 4) is 5.75 Å². The summed E-state index contributed by atoms with van der Waals surface area (Å²) in [7, 11) is 1.45. The number of carbonyl (C=O) groups excluding carboxylic acids is 1. The maximum absolute atomic E-state index is 12.6. The van der Waals surface area contributed by atoms with Crippen LogP contribution in [0.2, 0.25) is 0 Å². The SMILES string of the molecule is COc1ccc(S(N)(=O)=O)cc1C(=O)NC(C)Cc1ccc(N(C)C)cc1. The number of benzene rings is 2. The van der Waals surface area contributed by atoms with E-state index in [4.69, 9.17) is 9.88 Å². The van der Waals surface area contributed by atoms with Gasteiger partial charge in [0.15, 0.2) is 0 Å². The highest BCUT2D eigenvalue weighted by Gasteiger charge is 2.19. The van der Waals surface area contributed by atoms with Crippen LogP contribution in [0.15, 0.2) is 47.4 Å². The van der Waals surface area contributed by atoms with Gasteiger partial charge in [-0.05, 0) is 49.2 Å². The predicted molar refractivity (Wildman–Crippen MR) is 106 cm³/mol. The van der Waals surface area contributed by atoms with Gasteiger partial charge in [0.25, 0.3) is 5.91 Å². The van der Waals surface area contributed by atoms with Gasteiger partial charge in [-0.3, -0.25) is 4.79 Å². The maximum Gasteiger partial charge on any atom is 0.255 e. The van der Waals surface area contributed by atoms with E-state index in [1.807, 2.05) is 50.2 Å². The van der Waals surface area contributed by atoms with Crippen LogP contribution in [0.4, 0.5) is 5.69 Å². The zero-order valence-electron chi connectivity index (χ0n) is 15.9. The Hall–Kier alpha value is -2.58. The average molecular weight is 391 g/mol. The van der Waals surface area contributed by atoms with Gasteiger partial charge in [-0.1, -0.05) is 12.1 Å². The Morgan fingerprint density at radius 2 is 1.81 bits per heavy atom. The zero-order valence-corrected chi connectivity index (χ0v) is 16.7. The smallest absolute Gasteiger partial charge is 0.255 e. The molecule has 1 amide bonds. The van der Waals surface area contributed by atoms with Crippen molar-refractivity contribution >= 4 is 21.6 Å². The monoisotopic (exact) mass is 391 g/mol. The van der Waals surface area contributed by atoms with Crippen LogP contribution in [0, 0.1) is 0 Å². The molecule has 2 rings (SSSR count). The number of amides is 1. The first-order chi connectivity index (χ1) is 12.6. The molecule has 3 N–H and O–H groups in total. The first-order valence-corrected chi connectivity index (χ1v) is 9.94. The Morgan fingerprint density at radius 1 is 1.19 bits per heavy atom. The molecule has 0 radical (unpaired) electrons. The summed E-state index contributed by atoms with van der Waals surface area (Å²) in [5.41, 5.74) is 2.30. The Kier molecular flexibility index (Phi) is 6.45. The summed E-state index contributed by atoms with van der Waals surface area (Å²) < 4.78 is 28.3. The fourth-order valence-electron chi connectivity index (χ4n) is 2.68. The second-order valence-electron chi connectivity index (χ2n) is 6.55. The van der Waals surface area contributed by atoms with E-state index in [9.17, 15) is 13.2 Å². The molecule has 146 valence electrons. The van der Waals surface area contributed by atoms with Gasteiger partial charge in [-0.25, -0.2) is 13.6 Å². The molecular weight excluding hydrogens is 366 g/mol. The quantitative estimate of drug-likeness (QED) is 0.749. The lowest BCUT2D eigenvalue weighted by Crippen LogP contribution is -2.34. The molecule has 0 bridgehead atoms. The third kappa shape index (κ3) is 5.45. The number of nitrogens with zero attached hydrogens (tertiary/aromatic N) is 1. The number of hydrogen-bond acceptors (Lipinski definition) is 5. The van der Waals surface area contributed by atoms with Crippen LogP contribution in [0.5, 0.6) is 5.75 Å². The lowest BCUT2D eigenvalue weighted by molar-refractivity contribution is 0.0937. The van der Waals surface area contributed by atoms with E-state index < -0.39 is 15.9 Å². The molecule has 2 aromatic carbocycles. The van der Waals surface area contributed by atoms with Crippen LogP contribution in [-0.4, -0.2) is 41.6 Å². The Bertz CT molecular complexity index is 909. The Morgan fingerprint density at radius 3 is 2.33 bits per heavy atom. The van der Waals surface area contributed by atoms with Gasteiger partial charge in [0, 0.05) is 25.8 Å². The minimum absolute atomic E-state index is 0.124. The number of anilines is 1. The number of sulfonamides is 1. The molecule has 0 heterocycles. The molecule has 0 aliphatic rings.